The second-order valence-corrected chi connectivity index (χ2v) is 7.47. The highest BCUT2D eigenvalue weighted by Crippen LogP contribution is 2.13. The van der Waals surface area contributed by atoms with Gasteiger partial charge in [-0.15, -0.1) is 0 Å². The summed E-state index contributed by atoms with van der Waals surface area (Å²) >= 11 is 0. The molecule has 1 atom stereocenters. The van der Waals surface area contributed by atoms with Gasteiger partial charge in [0.05, 0.1) is 0 Å². The van der Waals surface area contributed by atoms with Crippen LogP contribution in [0.2, 0.25) is 0 Å². The van der Waals surface area contributed by atoms with E-state index in [1.54, 1.807) is 14.1 Å². The van der Waals surface area contributed by atoms with Gasteiger partial charge in [0.1, 0.15) is 0 Å². The molecule has 112 valence electrons. The Morgan fingerprint density at radius 2 is 1.90 bits per heavy atom. The molecule has 0 aliphatic carbocycles. The van der Waals surface area contributed by atoms with Gasteiger partial charge < -0.3 is 5.32 Å². The quantitative estimate of drug-likeness (QED) is 0.854. The number of likely N-dealkylation sites (N-methyl/N-ethyl adjacent to an activating group) is 1. The van der Waals surface area contributed by atoms with Gasteiger partial charge in [0.2, 0.25) is 0 Å². The van der Waals surface area contributed by atoms with Crippen LogP contribution in [-0.2, 0) is 16.8 Å². The van der Waals surface area contributed by atoms with E-state index in [0.29, 0.717) is 13.1 Å². The van der Waals surface area contributed by atoms with Gasteiger partial charge in [-0.25, -0.2) is 0 Å². The number of nitrogens with zero attached hydrogens (tertiary/aromatic N) is 2. The Morgan fingerprint density at radius 3 is 2.50 bits per heavy atom. The predicted molar refractivity (Wildman–Crippen MR) is 80.5 cm³/mol. The summed E-state index contributed by atoms with van der Waals surface area (Å²) in [6.45, 7) is 1.91. The van der Waals surface area contributed by atoms with Gasteiger partial charge >= 0.3 is 0 Å². The largest absolute Gasteiger partial charge is 0.313 e. The Balaban J connectivity index is 1.97. The maximum Gasteiger partial charge on any atom is 0.281 e. The van der Waals surface area contributed by atoms with Crippen LogP contribution >= 0.6 is 0 Å². The molecule has 1 aromatic carbocycles. The molecule has 0 amide bonds. The molecule has 1 aliphatic rings. The molecule has 1 saturated heterocycles. The third kappa shape index (κ3) is 3.79. The fourth-order valence-corrected chi connectivity index (χ4v) is 3.63. The van der Waals surface area contributed by atoms with Gasteiger partial charge in [0, 0.05) is 33.2 Å². The third-order valence-electron chi connectivity index (χ3n) is 3.68. The lowest BCUT2D eigenvalue weighted by molar-refractivity contribution is 0.366. The highest BCUT2D eigenvalue weighted by Gasteiger charge is 2.27. The van der Waals surface area contributed by atoms with E-state index in [2.05, 4.69) is 5.32 Å². The lowest BCUT2D eigenvalue weighted by atomic mass is 10.2. The highest BCUT2D eigenvalue weighted by atomic mass is 32.2. The van der Waals surface area contributed by atoms with Crippen molar-refractivity contribution >= 4 is 10.2 Å². The van der Waals surface area contributed by atoms with Crippen LogP contribution in [0.5, 0.6) is 0 Å². The molecule has 0 bridgehead atoms. The molecule has 20 heavy (non-hydrogen) atoms. The zero-order valence-corrected chi connectivity index (χ0v) is 12.9. The molecule has 1 aromatic rings. The molecule has 0 saturated carbocycles. The molecule has 1 N–H and O–H groups in total. The molecule has 1 fully saturated rings. The minimum atomic E-state index is -3.40. The summed E-state index contributed by atoms with van der Waals surface area (Å²) in [4.78, 5) is 0. The van der Waals surface area contributed by atoms with E-state index in [0.717, 1.165) is 24.9 Å². The van der Waals surface area contributed by atoms with E-state index in [4.69, 9.17) is 0 Å². The molecule has 5 nitrogen and oxygen atoms in total. The smallest absolute Gasteiger partial charge is 0.281 e. The van der Waals surface area contributed by atoms with Crippen LogP contribution in [0.3, 0.4) is 0 Å². The van der Waals surface area contributed by atoms with Crippen LogP contribution in [0.4, 0.5) is 0 Å². The Bertz CT molecular complexity index is 512. The van der Waals surface area contributed by atoms with Crippen molar-refractivity contribution in [1.82, 2.24) is 13.9 Å². The maximum absolute atomic E-state index is 12.4. The maximum atomic E-state index is 12.4. The standard InChI is InChI=1S/C14H23N3O2S/c1-16(11-13-7-4-3-5-8-13)20(18,19)17(2)12-14-9-6-10-15-14/h3-5,7-8,14-15H,6,9-12H2,1-2H3. The highest BCUT2D eigenvalue weighted by molar-refractivity contribution is 7.86. The second-order valence-electron chi connectivity index (χ2n) is 5.32. The molecule has 0 aromatic heterocycles. The normalized spacial score (nSPS) is 19.9. The van der Waals surface area contributed by atoms with Crippen LogP contribution in [0, 0.1) is 0 Å². The summed E-state index contributed by atoms with van der Waals surface area (Å²) in [6, 6.07) is 9.91. The Morgan fingerprint density at radius 1 is 1.20 bits per heavy atom. The zero-order valence-electron chi connectivity index (χ0n) is 12.1. The number of rotatable bonds is 6. The van der Waals surface area contributed by atoms with Crippen LogP contribution in [0.1, 0.15) is 18.4 Å². The summed E-state index contributed by atoms with van der Waals surface area (Å²) in [5, 5.41) is 3.32. The van der Waals surface area contributed by atoms with Crippen LogP contribution in [0.25, 0.3) is 0 Å². The van der Waals surface area contributed by atoms with Gasteiger partial charge in [-0.2, -0.15) is 17.0 Å². The SMILES string of the molecule is CN(Cc1ccccc1)S(=O)(=O)N(C)CC1CCCN1. The number of benzene rings is 1. The van der Waals surface area contributed by atoms with E-state index < -0.39 is 10.2 Å². The summed E-state index contributed by atoms with van der Waals surface area (Å²) < 4.78 is 27.7. The van der Waals surface area contributed by atoms with Crippen molar-refractivity contribution in [3.63, 3.8) is 0 Å². The van der Waals surface area contributed by atoms with Gasteiger partial charge in [0.25, 0.3) is 10.2 Å². The number of nitrogens with one attached hydrogen (secondary N) is 1. The fourth-order valence-electron chi connectivity index (χ4n) is 2.48. The first kappa shape index (κ1) is 15.4. The van der Waals surface area contributed by atoms with Gasteiger partial charge in [-0.1, -0.05) is 30.3 Å². The first-order valence-corrected chi connectivity index (χ1v) is 8.35. The molecular weight excluding hydrogens is 274 g/mol. The lowest BCUT2D eigenvalue weighted by Gasteiger charge is -2.26. The summed E-state index contributed by atoms with van der Waals surface area (Å²) in [7, 11) is -0.122. The van der Waals surface area contributed by atoms with Crippen LogP contribution in [0.15, 0.2) is 30.3 Å². The van der Waals surface area contributed by atoms with E-state index in [9.17, 15) is 8.42 Å². The minimum Gasteiger partial charge on any atom is -0.313 e. The molecule has 2 rings (SSSR count). The fraction of sp³-hybridized carbons (Fsp3) is 0.571. The molecule has 6 heteroatoms. The summed E-state index contributed by atoms with van der Waals surface area (Å²) in [5.74, 6) is 0. The Hall–Kier alpha value is -0.950. The van der Waals surface area contributed by atoms with Gasteiger partial charge in [-0.05, 0) is 24.9 Å². The Kier molecular flexibility index (Phi) is 5.15. The molecular formula is C14H23N3O2S. The van der Waals surface area contributed by atoms with Crippen molar-refractivity contribution in [3.05, 3.63) is 35.9 Å². The van der Waals surface area contributed by atoms with Crippen molar-refractivity contribution in [2.75, 3.05) is 27.2 Å². The van der Waals surface area contributed by atoms with Crippen LogP contribution < -0.4 is 5.32 Å². The van der Waals surface area contributed by atoms with Crippen molar-refractivity contribution in [1.29, 1.82) is 0 Å². The topological polar surface area (TPSA) is 52.7 Å². The van der Waals surface area contributed by atoms with Gasteiger partial charge in [0.15, 0.2) is 0 Å². The molecule has 1 aliphatic heterocycles. The van der Waals surface area contributed by atoms with E-state index >= 15 is 0 Å². The minimum absolute atomic E-state index is 0.278. The predicted octanol–water partition coefficient (Wildman–Crippen LogP) is 1.05. The van der Waals surface area contributed by atoms with Crippen molar-refractivity contribution < 1.29 is 8.42 Å². The molecule has 0 spiro atoms. The first-order chi connectivity index (χ1) is 9.50. The first-order valence-electron chi connectivity index (χ1n) is 6.95. The molecule has 1 heterocycles. The van der Waals surface area contributed by atoms with Gasteiger partial charge in [-0.3, -0.25) is 0 Å². The van der Waals surface area contributed by atoms with Crippen molar-refractivity contribution in [3.8, 4) is 0 Å². The third-order valence-corrected chi connectivity index (χ3v) is 5.53. The second kappa shape index (κ2) is 6.67. The average molecular weight is 297 g/mol. The average Bonchev–Trinajstić information content (AvgIpc) is 2.92. The van der Waals surface area contributed by atoms with E-state index in [1.807, 2.05) is 30.3 Å². The Labute approximate surface area is 121 Å². The monoisotopic (exact) mass is 297 g/mol. The lowest BCUT2D eigenvalue weighted by Crippen LogP contribution is -2.44. The summed E-state index contributed by atoms with van der Waals surface area (Å²) in [6.07, 6.45) is 2.17. The number of hydrogen-bond donors (Lipinski definition) is 1. The zero-order chi connectivity index (χ0) is 14.6. The van der Waals surface area contributed by atoms with E-state index in [1.165, 1.54) is 8.61 Å². The van der Waals surface area contributed by atoms with Crippen molar-refractivity contribution in [2.24, 2.45) is 0 Å². The van der Waals surface area contributed by atoms with Crippen LogP contribution in [-0.4, -0.2) is 50.3 Å². The van der Waals surface area contributed by atoms with E-state index in [-0.39, 0.29) is 6.04 Å². The molecule has 1 unspecified atom stereocenters. The summed E-state index contributed by atoms with van der Waals surface area (Å²) in [5.41, 5.74) is 0.992. The number of hydrogen-bond acceptors (Lipinski definition) is 3. The molecule has 0 radical (unpaired) electrons. The van der Waals surface area contributed by atoms with Crippen molar-refractivity contribution in [2.45, 2.75) is 25.4 Å².